The minimum Gasteiger partial charge on any atom is -0.481 e. The second-order valence-corrected chi connectivity index (χ2v) is 15.2. The summed E-state index contributed by atoms with van der Waals surface area (Å²) in [5.74, 6) is 55.0. The van der Waals surface area contributed by atoms with Crippen LogP contribution in [0, 0.1) is 143 Å². The van der Waals surface area contributed by atoms with Gasteiger partial charge in [-0.05, 0) is 113 Å². The standard InChI is InChI=1S/C53H55NO10S/c1-3-5-7-9-11-13-15-17-18-19-20-21-22-23-24-25-26-27-29-31-33-35-37-39-47(56)54-44(49(59)45(55)38-36-34-32-30-28-16-14-12-10-8-6-4-2)42-63-53-52(62)51(61)50(60)46(64-53)40-41-65-43-48(57)58/h1,44-46,49-53,55,59-62H,4,6,8,10,12,14,16,28,30,32,34,36,38-43H2,2H3,(H,54,56)(H,57,58)/t44-,45+,46?,49-,50-,51-,52?,53-/m0/s1. The number of unbranched alkanes of at least 4 members (excludes halogenated alkanes) is 11. The first kappa shape index (κ1) is 56.7. The van der Waals surface area contributed by atoms with Crippen molar-refractivity contribution < 1.29 is 49.7 Å². The molecule has 1 amide bonds. The quantitative estimate of drug-likeness (QED) is 0.0528. The minimum atomic E-state index is -1.68. The van der Waals surface area contributed by atoms with E-state index in [4.69, 9.17) is 21.0 Å². The van der Waals surface area contributed by atoms with Gasteiger partial charge in [-0.3, -0.25) is 9.59 Å². The molecule has 0 aromatic heterocycles. The van der Waals surface area contributed by atoms with Crippen LogP contribution in [0.5, 0.6) is 0 Å². The molecule has 1 aliphatic rings. The van der Waals surface area contributed by atoms with E-state index in [1.807, 2.05) is 0 Å². The normalized spacial score (nSPS) is 17.3. The molecule has 11 nitrogen and oxygen atoms in total. The predicted molar refractivity (Wildman–Crippen MR) is 251 cm³/mol. The van der Waals surface area contributed by atoms with Gasteiger partial charge in [-0.1, -0.05) is 89.9 Å². The first-order valence-corrected chi connectivity index (χ1v) is 22.5. The van der Waals surface area contributed by atoms with Gasteiger partial charge in [-0.15, -0.1) is 6.42 Å². The SMILES string of the molecule is C#CC#CC#CC#CC#CC#CC#CC#CC#CC#CC#CC#CCC(=O)N[C@@H](CO[C@H]1OC(CCSCC(=O)O)[C@H](O)[C@H](O)C1O)[C@H](O)[C@H](O)CCCCCCCCCCCCCC. The summed E-state index contributed by atoms with van der Waals surface area (Å²) in [6.45, 7) is 1.76. The van der Waals surface area contributed by atoms with Crippen molar-refractivity contribution >= 4 is 23.6 Å². The van der Waals surface area contributed by atoms with Crippen LogP contribution in [0.15, 0.2) is 0 Å². The van der Waals surface area contributed by atoms with Crippen molar-refractivity contribution in [1.82, 2.24) is 5.32 Å². The Balaban J connectivity index is 2.81. The predicted octanol–water partition coefficient (Wildman–Crippen LogP) is 2.38. The third-order valence-electron chi connectivity index (χ3n) is 9.05. The molecule has 0 aromatic carbocycles. The zero-order valence-corrected chi connectivity index (χ0v) is 37.5. The summed E-state index contributed by atoms with van der Waals surface area (Å²) < 4.78 is 11.5. The number of carbonyl (C=O) groups is 2. The van der Waals surface area contributed by atoms with Crippen molar-refractivity contribution in [2.75, 3.05) is 18.1 Å². The summed E-state index contributed by atoms with van der Waals surface area (Å²) in [7, 11) is 0. The zero-order chi connectivity index (χ0) is 47.6. The average Bonchev–Trinajstić information content (AvgIpc) is 3.29. The van der Waals surface area contributed by atoms with Crippen LogP contribution in [0.3, 0.4) is 0 Å². The number of carbonyl (C=O) groups excluding carboxylic acids is 1. The van der Waals surface area contributed by atoms with E-state index in [0.717, 1.165) is 37.4 Å². The van der Waals surface area contributed by atoms with Gasteiger partial charge in [0.1, 0.15) is 24.4 Å². The lowest BCUT2D eigenvalue weighted by atomic mass is 9.97. The second kappa shape index (κ2) is 39.3. The second-order valence-electron chi connectivity index (χ2n) is 14.1. The van der Waals surface area contributed by atoms with E-state index in [0.29, 0.717) is 6.42 Å². The molecule has 65 heavy (non-hydrogen) atoms. The smallest absolute Gasteiger partial charge is 0.313 e. The molecule has 0 radical (unpaired) electrons. The topological polar surface area (TPSA) is 186 Å². The lowest BCUT2D eigenvalue weighted by molar-refractivity contribution is -0.299. The highest BCUT2D eigenvalue weighted by Crippen LogP contribution is 2.26. The van der Waals surface area contributed by atoms with E-state index in [2.05, 4.69) is 148 Å². The summed E-state index contributed by atoms with van der Waals surface area (Å²) in [4.78, 5) is 23.8. The van der Waals surface area contributed by atoms with Crippen LogP contribution < -0.4 is 5.32 Å². The third-order valence-corrected chi connectivity index (χ3v) is 10.0. The number of carboxylic acid groups (broad SMARTS) is 1. The lowest BCUT2D eigenvalue weighted by Gasteiger charge is -2.41. The number of nitrogens with one attached hydrogen (secondary N) is 1. The van der Waals surface area contributed by atoms with Gasteiger partial charge < -0.3 is 45.4 Å². The van der Waals surface area contributed by atoms with E-state index in [9.17, 15) is 35.1 Å². The molecule has 1 rings (SSSR count). The Morgan fingerprint density at radius 1 is 0.646 bits per heavy atom. The van der Waals surface area contributed by atoms with E-state index in [1.165, 1.54) is 44.9 Å². The lowest BCUT2D eigenvalue weighted by Crippen LogP contribution is -2.59. The van der Waals surface area contributed by atoms with Crippen LogP contribution >= 0.6 is 11.8 Å². The molecule has 0 aliphatic carbocycles. The third kappa shape index (κ3) is 30.5. The largest absolute Gasteiger partial charge is 0.481 e. The highest BCUT2D eigenvalue weighted by molar-refractivity contribution is 7.99. The number of hydrogen-bond donors (Lipinski definition) is 7. The zero-order valence-electron chi connectivity index (χ0n) is 36.6. The molecule has 1 fully saturated rings. The number of amides is 1. The van der Waals surface area contributed by atoms with Crippen molar-refractivity contribution in [3.05, 3.63) is 0 Å². The number of aliphatic hydroxyl groups excluding tert-OH is 5. The summed E-state index contributed by atoms with van der Waals surface area (Å²) in [6, 6.07) is -1.18. The molecule has 1 saturated heterocycles. The number of hydrogen-bond acceptors (Lipinski definition) is 10. The first-order chi connectivity index (χ1) is 31.6. The molecule has 0 spiro atoms. The molecule has 12 heteroatoms. The molecule has 8 atom stereocenters. The molecule has 0 bridgehead atoms. The fourth-order valence-corrected chi connectivity index (χ4v) is 6.48. The van der Waals surface area contributed by atoms with Crippen molar-refractivity contribution in [2.45, 2.75) is 152 Å². The molecular formula is C53H55NO10S. The Kier molecular flexibility index (Phi) is 34.3. The highest BCUT2D eigenvalue weighted by Gasteiger charge is 2.44. The number of thioether (sulfide) groups is 1. The maximum Gasteiger partial charge on any atom is 0.313 e. The number of terminal acetylenes is 1. The maximum absolute atomic E-state index is 12.9. The van der Waals surface area contributed by atoms with Gasteiger partial charge in [0.2, 0.25) is 5.91 Å². The number of aliphatic carboxylic acids is 1. The van der Waals surface area contributed by atoms with Crippen LogP contribution in [0.2, 0.25) is 0 Å². The molecule has 0 saturated carbocycles. The summed E-state index contributed by atoms with van der Waals surface area (Å²) in [6.07, 6.45) is 8.71. The van der Waals surface area contributed by atoms with E-state index >= 15 is 0 Å². The number of aliphatic hydroxyl groups is 5. The number of ether oxygens (including phenoxy) is 2. The van der Waals surface area contributed by atoms with Crippen LogP contribution in [0.1, 0.15) is 103 Å². The molecule has 338 valence electrons. The molecule has 2 unspecified atom stereocenters. The van der Waals surface area contributed by atoms with Gasteiger partial charge in [0, 0.05) is 35.5 Å². The molecule has 1 aliphatic heterocycles. The van der Waals surface area contributed by atoms with E-state index in [-0.39, 0.29) is 30.8 Å². The van der Waals surface area contributed by atoms with Gasteiger partial charge in [-0.2, -0.15) is 11.8 Å². The van der Waals surface area contributed by atoms with Gasteiger partial charge in [0.05, 0.1) is 37.0 Å². The van der Waals surface area contributed by atoms with Crippen LogP contribution in [0.4, 0.5) is 0 Å². The Morgan fingerprint density at radius 3 is 1.55 bits per heavy atom. The van der Waals surface area contributed by atoms with Crippen molar-refractivity contribution in [3.63, 3.8) is 0 Å². The fraction of sp³-hybridized carbons (Fsp3) is 0.509. The maximum atomic E-state index is 12.9. The molecule has 7 N–H and O–H groups in total. The molecular weight excluding hydrogens is 843 g/mol. The van der Waals surface area contributed by atoms with E-state index in [1.54, 1.807) is 0 Å². The Labute approximate surface area is 390 Å². The monoisotopic (exact) mass is 897 g/mol. The van der Waals surface area contributed by atoms with Gasteiger partial charge in [0.15, 0.2) is 6.29 Å². The van der Waals surface area contributed by atoms with Crippen LogP contribution in [-0.2, 0) is 19.1 Å². The molecule has 1 heterocycles. The van der Waals surface area contributed by atoms with Crippen LogP contribution in [-0.4, -0.2) is 110 Å². The van der Waals surface area contributed by atoms with Crippen molar-refractivity contribution in [2.24, 2.45) is 0 Å². The summed E-state index contributed by atoms with van der Waals surface area (Å²) in [5, 5.41) is 65.2. The van der Waals surface area contributed by atoms with Gasteiger partial charge in [0.25, 0.3) is 0 Å². The van der Waals surface area contributed by atoms with Crippen LogP contribution in [0.25, 0.3) is 0 Å². The first-order valence-electron chi connectivity index (χ1n) is 21.3. The van der Waals surface area contributed by atoms with Gasteiger partial charge in [-0.25, -0.2) is 0 Å². The highest BCUT2D eigenvalue weighted by atomic mass is 32.2. The Bertz CT molecular complexity index is 2280. The van der Waals surface area contributed by atoms with E-state index < -0.39 is 67.4 Å². The average molecular weight is 898 g/mol. The summed E-state index contributed by atoms with van der Waals surface area (Å²) in [5.41, 5.74) is 0. The number of carboxylic acids is 1. The van der Waals surface area contributed by atoms with Crippen molar-refractivity contribution in [3.8, 4) is 143 Å². The Morgan fingerprint density at radius 2 is 1.09 bits per heavy atom. The Hall–Kier alpha value is -6.27. The summed E-state index contributed by atoms with van der Waals surface area (Å²) >= 11 is 1.09. The minimum absolute atomic E-state index is 0.144. The fourth-order valence-electron chi connectivity index (χ4n) is 5.77. The van der Waals surface area contributed by atoms with Crippen molar-refractivity contribution in [1.29, 1.82) is 0 Å². The van der Waals surface area contributed by atoms with Gasteiger partial charge >= 0.3 is 5.97 Å². The number of rotatable bonds is 25. The molecule has 0 aromatic rings.